The Balaban J connectivity index is 2.11. The standard InChI is InChI=1S/C15H13Cl2NO/c16-10-2-4-11-9(7-10)1-3-12-13(15(11)19)8-18-6-5-14(12)17/h2,4-7,15,19H,1,3,8H2. The summed E-state index contributed by atoms with van der Waals surface area (Å²) in [6, 6.07) is 5.63. The van der Waals surface area contributed by atoms with Gasteiger partial charge in [-0.05, 0) is 53.3 Å². The van der Waals surface area contributed by atoms with Gasteiger partial charge < -0.3 is 5.11 Å². The van der Waals surface area contributed by atoms with Gasteiger partial charge in [0.25, 0.3) is 0 Å². The van der Waals surface area contributed by atoms with Gasteiger partial charge in [0.15, 0.2) is 0 Å². The molecule has 1 aliphatic carbocycles. The van der Waals surface area contributed by atoms with E-state index in [0.29, 0.717) is 16.6 Å². The zero-order chi connectivity index (χ0) is 13.4. The second kappa shape index (κ2) is 5.12. The summed E-state index contributed by atoms with van der Waals surface area (Å²) in [6.07, 6.45) is 4.47. The van der Waals surface area contributed by atoms with Crippen molar-refractivity contribution in [2.24, 2.45) is 4.99 Å². The second-order valence-electron chi connectivity index (χ2n) is 4.75. The van der Waals surface area contributed by atoms with Crippen molar-refractivity contribution in [3.63, 3.8) is 0 Å². The fourth-order valence-corrected chi connectivity index (χ4v) is 3.12. The summed E-state index contributed by atoms with van der Waals surface area (Å²) in [5, 5.41) is 12.0. The molecule has 2 nitrogen and oxygen atoms in total. The third-order valence-electron chi connectivity index (χ3n) is 3.64. The number of benzene rings is 1. The van der Waals surface area contributed by atoms with Crippen molar-refractivity contribution in [3.05, 3.63) is 56.6 Å². The molecule has 1 unspecified atom stereocenters. The molecule has 1 aliphatic heterocycles. The van der Waals surface area contributed by atoms with E-state index in [0.717, 1.165) is 35.1 Å². The van der Waals surface area contributed by atoms with Crippen LogP contribution in [0.3, 0.4) is 0 Å². The SMILES string of the molecule is OC1C2=C(CCc3cc(Cl)ccc31)C(Cl)=CC=NC2. The van der Waals surface area contributed by atoms with Gasteiger partial charge in [0, 0.05) is 16.3 Å². The lowest BCUT2D eigenvalue weighted by molar-refractivity contribution is 0.213. The van der Waals surface area contributed by atoms with Crippen LogP contribution in [0.25, 0.3) is 0 Å². The minimum Gasteiger partial charge on any atom is -0.384 e. The molecule has 1 N–H and O–H groups in total. The predicted octanol–water partition coefficient (Wildman–Crippen LogP) is 3.82. The van der Waals surface area contributed by atoms with E-state index in [-0.39, 0.29) is 0 Å². The van der Waals surface area contributed by atoms with Crippen molar-refractivity contribution in [2.75, 3.05) is 6.54 Å². The van der Waals surface area contributed by atoms with E-state index in [1.165, 1.54) is 0 Å². The number of hydrogen-bond donors (Lipinski definition) is 1. The van der Waals surface area contributed by atoms with Gasteiger partial charge in [-0.25, -0.2) is 0 Å². The van der Waals surface area contributed by atoms with Crippen LogP contribution in [0.4, 0.5) is 0 Å². The highest BCUT2D eigenvalue weighted by Gasteiger charge is 2.25. The lowest BCUT2D eigenvalue weighted by Crippen LogP contribution is -2.07. The van der Waals surface area contributed by atoms with Crippen molar-refractivity contribution in [2.45, 2.75) is 18.9 Å². The molecule has 0 saturated heterocycles. The average Bonchev–Trinajstić information content (AvgIpc) is 2.64. The number of rotatable bonds is 0. The molecule has 0 saturated carbocycles. The van der Waals surface area contributed by atoms with Crippen LogP contribution in [0.5, 0.6) is 0 Å². The fourth-order valence-electron chi connectivity index (χ4n) is 2.66. The minimum atomic E-state index is -0.651. The Morgan fingerprint density at radius 3 is 2.89 bits per heavy atom. The van der Waals surface area contributed by atoms with Crippen LogP contribution in [-0.4, -0.2) is 17.9 Å². The first-order valence-corrected chi connectivity index (χ1v) is 6.96. The summed E-state index contributed by atoms with van der Waals surface area (Å²) in [6.45, 7) is 0.491. The van der Waals surface area contributed by atoms with Crippen LogP contribution in [0, 0.1) is 0 Å². The highest BCUT2D eigenvalue weighted by molar-refractivity contribution is 6.33. The maximum Gasteiger partial charge on any atom is 0.103 e. The molecule has 3 rings (SSSR count). The first kappa shape index (κ1) is 12.9. The molecule has 0 fully saturated rings. The smallest absolute Gasteiger partial charge is 0.103 e. The van der Waals surface area contributed by atoms with Gasteiger partial charge in [-0.2, -0.15) is 0 Å². The summed E-state index contributed by atoms with van der Waals surface area (Å²) >= 11 is 12.3. The van der Waals surface area contributed by atoms with Crippen LogP contribution < -0.4 is 0 Å². The number of aryl methyl sites for hydroxylation is 1. The van der Waals surface area contributed by atoms with Gasteiger partial charge in [0.2, 0.25) is 0 Å². The molecule has 19 heavy (non-hydrogen) atoms. The van der Waals surface area contributed by atoms with Crippen LogP contribution in [0.2, 0.25) is 5.02 Å². The Morgan fingerprint density at radius 1 is 1.21 bits per heavy atom. The van der Waals surface area contributed by atoms with Gasteiger partial charge in [-0.1, -0.05) is 29.3 Å². The van der Waals surface area contributed by atoms with Gasteiger partial charge in [0.1, 0.15) is 6.10 Å². The maximum absolute atomic E-state index is 10.6. The third-order valence-corrected chi connectivity index (χ3v) is 4.23. The third kappa shape index (κ3) is 2.36. The molecule has 98 valence electrons. The number of hydrogen-bond acceptors (Lipinski definition) is 2. The molecule has 0 bridgehead atoms. The molecular formula is C15H13Cl2NO. The van der Waals surface area contributed by atoms with E-state index in [1.54, 1.807) is 12.3 Å². The number of fused-ring (bicyclic) bond motifs is 1. The van der Waals surface area contributed by atoms with E-state index in [2.05, 4.69) is 4.99 Å². The van der Waals surface area contributed by atoms with E-state index in [9.17, 15) is 5.11 Å². The van der Waals surface area contributed by atoms with E-state index < -0.39 is 6.10 Å². The Bertz CT molecular complexity index is 617. The molecule has 0 spiro atoms. The lowest BCUT2D eigenvalue weighted by Gasteiger charge is -2.16. The monoisotopic (exact) mass is 293 g/mol. The predicted molar refractivity (Wildman–Crippen MR) is 79.1 cm³/mol. The summed E-state index contributed by atoms with van der Waals surface area (Å²) in [7, 11) is 0. The van der Waals surface area contributed by atoms with E-state index in [1.807, 2.05) is 18.2 Å². The van der Waals surface area contributed by atoms with E-state index in [4.69, 9.17) is 23.2 Å². The average molecular weight is 294 g/mol. The number of aliphatic imine (C=N–C) groups is 1. The quantitative estimate of drug-likeness (QED) is 0.775. The zero-order valence-corrected chi connectivity index (χ0v) is 11.7. The number of halogens is 2. The highest BCUT2D eigenvalue weighted by Crippen LogP contribution is 2.38. The zero-order valence-electron chi connectivity index (χ0n) is 10.2. The largest absolute Gasteiger partial charge is 0.384 e. The molecule has 0 amide bonds. The molecule has 1 aromatic carbocycles. The topological polar surface area (TPSA) is 32.6 Å². The first-order valence-electron chi connectivity index (χ1n) is 6.21. The van der Waals surface area contributed by atoms with Crippen LogP contribution in [0.1, 0.15) is 23.7 Å². The van der Waals surface area contributed by atoms with Crippen LogP contribution in [0.15, 0.2) is 45.4 Å². The molecule has 1 atom stereocenters. The van der Waals surface area contributed by atoms with Crippen LogP contribution in [-0.2, 0) is 6.42 Å². The Labute approximate surface area is 122 Å². The van der Waals surface area contributed by atoms with Gasteiger partial charge in [-0.3, -0.25) is 4.99 Å². The van der Waals surface area contributed by atoms with Crippen molar-refractivity contribution < 1.29 is 5.11 Å². The van der Waals surface area contributed by atoms with Crippen molar-refractivity contribution in [1.82, 2.24) is 0 Å². The molecule has 2 aliphatic rings. The van der Waals surface area contributed by atoms with Gasteiger partial charge >= 0.3 is 0 Å². The minimum absolute atomic E-state index is 0.491. The normalized spacial score (nSPS) is 22.3. The molecule has 1 aromatic rings. The fraction of sp³-hybridized carbons (Fsp3) is 0.267. The second-order valence-corrected chi connectivity index (χ2v) is 5.60. The van der Waals surface area contributed by atoms with Gasteiger partial charge in [-0.15, -0.1) is 0 Å². The Morgan fingerprint density at radius 2 is 2.05 bits per heavy atom. The number of aliphatic hydroxyl groups excluding tert-OH is 1. The van der Waals surface area contributed by atoms with Crippen molar-refractivity contribution in [1.29, 1.82) is 0 Å². The molecular weight excluding hydrogens is 281 g/mol. The molecule has 0 aromatic heterocycles. The summed E-state index contributed by atoms with van der Waals surface area (Å²) in [4.78, 5) is 4.26. The lowest BCUT2D eigenvalue weighted by atomic mass is 9.97. The molecule has 0 radical (unpaired) electrons. The Kier molecular flexibility index (Phi) is 3.48. The van der Waals surface area contributed by atoms with Crippen LogP contribution >= 0.6 is 23.2 Å². The first-order chi connectivity index (χ1) is 9.16. The summed E-state index contributed by atoms with van der Waals surface area (Å²) in [5.41, 5.74) is 3.91. The van der Waals surface area contributed by atoms with E-state index >= 15 is 0 Å². The highest BCUT2D eigenvalue weighted by atomic mass is 35.5. The summed E-state index contributed by atoms with van der Waals surface area (Å²) < 4.78 is 0. The number of aliphatic hydroxyl groups is 1. The summed E-state index contributed by atoms with van der Waals surface area (Å²) in [5.74, 6) is 0. The van der Waals surface area contributed by atoms with Crippen molar-refractivity contribution >= 4 is 29.4 Å². The number of allylic oxidation sites excluding steroid dienone is 3. The Hall–Kier alpha value is -1.09. The van der Waals surface area contributed by atoms with Crippen molar-refractivity contribution in [3.8, 4) is 0 Å². The molecule has 1 heterocycles. The maximum atomic E-state index is 10.6. The number of nitrogens with zero attached hydrogens (tertiary/aromatic N) is 1. The van der Waals surface area contributed by atoms with Gasteiger partial charge in [0.05, 0.1) is 6.54 Å². The molecule has 4 heteroatoms.